The van der Waals surface area contributed by atoms with E-state index in [1.807, 2.05) is 0 Å². The van der Waals surface area contributed by atoms with E-state index in [0.717, 1.165) is 25.7 Å². The summed E-state index contributed by atoms with van der Waals surface area (Å²) in [7, 11) is 0. The van der Waals surface area contributed by atoms with E-state index in [2.05, 4.69) is 13.8 Å². The maximum absolute atomic E-state index is 11.2. The van der Waals surface area contributed by atoms with Gasteiger partial charge in [-0.2, -0.15) is 0 Å². The van der Waals surface area contributed by atoms with Crippen molar-refractivity contribution in [3.63, 3.8) is 0 Å². The van der Waals surface area contributed by atoms with E-state index in [1.165, 1.54) is 180 Å². The van der Waals surface area contributed by atoms with E-state index >= 15 is 0 Å². The topological polar surface area (TPSA) is 133 Å². The molecule has 0 aliphatic heterocycles. The monoisotopic (exact) mass is 817 g/mol. The van der Waals surface area contributed by atoms with E-state index < -0.39 is 23.9 Å². The number of aliphatic carboxylic acids is 2. The van der Waals surface area contributed by atoms with Crippen molar-refractivity contribution in [2.45, 2.75) is 245 Å². The van der Waals surface area contributed by atoms with Crippen molar-refractivity contribution in [1.29, 1.82) is 0 Å². The first kappa shape index (κ1) is 61.8. The molecule has 0 heterocycles. The first-order valence-electron chi connectivity index (χ1n) is 22.0. The standard InChI is InChI=1S/2C22H42O4.2K/c2*1-2-3-4-5-6-7-8-9-10-11-12-13-14-15-16-17-20-26-22(25)19-18-21(23)24;;/h2*2-20H2,1H3,(H,23,24);;/q;;2*+1/p-2. The molecule has 0 spiro atoms. The Morgan fingerprint density at radius 1 is 0.315 bits per heavy atom. The van der Waals surface area contributed by atoms with Crippen LogP contribution >= 0.6 is 0 Å². The Kier molecular flexibility index (Phi) is 62.0. The zero-order valence-electron chi connectivity index (χ0n) is 36.1. The van der Waals surface area contributed by atoms with Gasteiger partial charge in [0.25, 0.3) is 0 Å². The Morgan fingerprint density at radius 2 is 0.500 bits per heavy atom. The molecule has 0 aliphatic carbocycles. The molecule has 0 rings (SSSR count). The fourth-order valence-electron chi connectivity index (χ4n) is 6.22. The molecule has 0 unspecified atom stereocenters. The van der Waals surface area contributed by atoms with E-state index in [0.29, 0.717) is 13.2 Å². The molecule has 0 aromatic carbocycles. The number of rotatable bonds is 40. The third-order valence-corrected chi connectivity index (χ3v) is 9.59. The molecule has 0 N–H and O–H groups in total. The number of esters is 2. The average Bonchev–Trinajstić information content (AvgIpc) is 3.12. The second-order valence-corrected chi connectivity index (χ2v) is 14.8. The van der Waals surface area contributed by atoms with Crippen LogP contribution < -0.4 is 113 Å². The summed E-state index contributed by atoms with van der Waals surface area (Å²) in [4.78, 5) is 42.8. The minimum atomic E-state index is -1.20. The molecule has 0 saturated carbocycles. The van der Waals surface area contributed by atoms with Crippen LogP contribution in [0.25, 0.3) is 0 Å². The molecule has 0 aliphatic rings. The molecule has 54 heavy (non-hydrogen) atoms. The maximum atomic E-state index is 11.2. The quantitative estimate of drug-likeness (QED) is 0.0497. The smallest absolute Gasteiger partial charge is 0.550 e. The second-order valence-electron chi connectivity index (χ2n) is 14.8. The summed E-state index contributed by atoms with van der Waals surface area (Å²) in [5.41, 5.74) is 0. The minimum Gasteiger partial charge on any atom is -0.550 e. The van der Waals surface area contributed by atoms with Crippen LogP contribution in [0.4, 0.5) is 0 Å². The third kappa shape index (κ3) is 59.8. The minimum absolute atomic E-state index is 0. The molecule has 0 aromatic heterocycles. The summed E-state index contributed by atoms with van der Waals surface area (Å²) in [5, 5.41) is 20.4. The third-order valence-electron chi connectivity index (χ3n) is 9.59. The normalized spacial score (nSPS) is 10.4. The average molecular weight is 817 g/mol. The summed E-state index contributed by atoms with van der Waals surface area (Å²) in [6.45, 7) is 5.35. The van der Waals surface area contributed by atoms with Gasteiger partial charge in [0, 0.05) is 11.9 Å². The number of carbonyl (C=O) groups excluding carboxylic acids is 4. The Hall–Kier alpha value is 1.15. The molecule has 10 heteroatoms. The number of carboxylic acid groups (broad SMARTS) is 2. The van der Waals surface area contributed by atoms with Gasteiger partial charge in [-0.05, 0) is 25.7 Å². The zero-order valence-corrected chi connectivity index (χ0v) is 42.4. The predicted octanol–water partition coefficient (Wildman–Crippen LogP) is 4.65. The Balaban J connectivity index is -0.000000446. The SMILES string of the molecule is CCCCCCCCCCCCCCCCCCOC(=O)CCC(=O)[O-].CCCCCCCCCCCCCCCCCCOC(=O)CCC(=O)[O-].[K+].[K+]. The first-order valence-corrected chi connectivity index (χ1v) is 22.0. The van der Waals surface area contributed by atoms with Gasteiger partial charge >= 0.3 is 115 Å². The predicted molar refractivity (Wildman–Crippen MR) is 209 cm³/mol. The first-order chi connectivity index (χ1) is 25.3. The number of carbonyl (C=O) groups is 4. The number of hydrogen-bond donors (Lipinski definition) is 0. The van der Waals surface area contributed by atoms with Gasteiger partial charge in [0.15, 0.2) is 0 Å². The largest absolute Gasteiger partial charge is 1.00 e. The van der Waals surface area contributed by atoms with Crippen molar-refractivity contribution in [3.8, 4) is 0 Å². The van der Waals surface area contributed by atoms with E-state index in [-0.39, 0.29) is 128 Å². The van der Waals surface area contributed by atoms with E-state index in [9.17, 15) is 29.4 Å². The molecular formula is C44H82K2O8. The van der Waals surface area contributed by atoms with Crippen LogP contribution in [0.3, 0.4) is 0 Å². The van der Waals surface area contributed by atoms with Crippen molar-refractivity contribution >= 4 is 23.9 Å². The molecular weight excluding hydrogens is 735 g/mol. The second kappa shape index (κ2) is 54.2. The van der Waals surface area contributed by atoms with Gasteiger partial charge in [0.2, 0.25) is 0 Å². The molecule has 0 amide bonds. The molecule has 308 valence electrons. The zero-order chi connectivity index (χ0) is 38.6. The number of ether oxygens (including phenoxy) is 2. The summed E-state index contributed by atoms with van der Waals surface area (Å²) in [6.07, 6.45) is 41.4. The number of unbranched alkanes of at least 4 members (excludes halogenated alkanes) is 30. The molecule has 8 nitrogen and oxygen atoms in total. The van der Waals surface area contributed by atoms with Gasteiger partial charge in [-0.25, -0.2) is 0 Å². The van der Waals surface area contributed by atoms with Crippen LogP contribution in [-0.2, 0) is 28.7 Å². The van der Waals surface area contributed by atoms with Crippen LogP contribution in [-0.4, -0.2) is 37.1 Å². The van der Waals surface area contributed by atoms with Gasteiger partial charge in [-0.1, -0.05) is 206 Å². The Bertz CT molecular complexity index is 733. The summed E-state index contributed by atoms with van der Waals surface area (Å²) < 4.78 is 9.96. The Morgan fingerprint density at radius 3 is 0.685 bits per heavy atom. The molecule has 0 bridgehead atoms. The van der Waals surface area contributed by atoms with Gasteiger partial charge in [0.05, 0.1) is 26.1 Å². The molecule has 0 saturated heterocycles. The fourth-order valence-corrected chi connectivity index (χ4v) is 6.22. The maximum Gasteiger partial charge on any atom is 1.00 e. The molecule has 0 atom stereocenters. The van der Waals surface area contributed by atoms with Gasteiger partial charge in [-0.3, -0.25) is 9.59 Å². The number of hydrogen-bond acceptors (Lipinski definition) is 8. The summed E-state index contributed by atoms with van der Waals surface area (Å²) in [5.74, 6) is -3.28. The molecule has 0 fully saturated rings. The van der Waals surface area contributed by atoms with Crippen LogP contribution in [0.2, 0.25) is 0 Å². The fraction of sp³-hybridized carbons (Fsp3) is 0.909. The Labute approximate surface area is 418 Å². The van der Waals surface area contributed by atoms with Gasteiger partial charge in [-0.15, -0.1) is 0 Å². The van der Waals surface area contributed by atoms with Crippen molar-refractivity contribution in [2.75, 3.05) is 13.2 Å². The van der Waals surface area contributed by atoms with Crippen molar-refractivity contribution in [1.82, 2.24) is 0 Å². The summed E-state index contributed by atoms with van der Waals surface area (Å²) in [6, 6.07) is 0. The molecule has 0 radical (unpaired) electrons. The van der Waals surface area contributed by atoms with E-state index in [1.54, 1.807) is 0 Å². The number of carboxylic acids is 2. The molecule has 0 aromatic rings. The van der Waals surface area contributed by atoms with Crippen molar-refractivity contribution < 1.29 is 142 Å². The summed E-state index contributed by atoms with van der Waals surface area (Å²) >= 11 is 0. The van der Waals surface area contributed by atoms with Crippen LogP contribution in [0.15, 0.2) is 0 Å². The van der Waals surface area contributed by atoms with Crippen LogP contribution in [0, 0.1) is 0 Å². The van der Waals surface area contributed by atoms with Crippen LogP contribution in [0.5, 0.6) is 0 Å². The van der Waals surface area contributed by atoms with Gasteiger partial charge in [0.1, 0.15) is 0 Å². The van der Waals surface area contributed by atoms with E-state index in [4.69, 9.17) is 9.47 Å². The van der Waals surface area contributed by atoms with Crippen molar-refractivity contribution in [3.05, 3.63) is 0 Å². The van der Waals surface area contributed by atoms with Gasteiger partial charge < -0.3 is 29.3 Å². The van der Waals surface area contributed by atoms with Crippen LogP contribution in [0.1, 0.15) is 245 Å². The van der Waals surface area contributed by atoms with Crippen molar-refractivity contribution in [2.24, 2.45) is 0 Å².